The van der Waals surface area contributed by atoms with Crippen molar-refractivity contribution in [2.45, 2.75) is 34.1 Å². The summed E-state index contributed by atoms with van der Waals surface area (Å²) in [5, 5.41) is 15.6. The van der Waals surface area contributed by atoms with Crippen molar-refractivity contribution in [1.29, 1.82) is 0 Å². The van der Waals surface area contributed by atoms with E-state index in [1.807, 2.05) is 18.5 Å². The standard InChI is InChI=1S/C23H17N.C22H15N2.C5H8O2.Ir/c1-15-10-11-20-18-8-4-3-7-17(18)14-21(20)22(15)23-19-9-5-2-6-16(19)12-13-24-23;1-14-10-11-18-17-8-4-5-9-19(17)24-22(18)20(14)21-16-7-3-2-6-15(16)12-13-23-21;1-4(6)3-5(2)7;/h2-13H,14H2,1H3;2-13H,1H3;3,6H,1-2H3;/q;-1;;. The van der Waals surface area contributed by atoms with E-state index in [4.69, 9.17) is 20.1 Å². The van der Waals surface area contributed by atoms with Crippen LogP contribution in [0.2, 0.25) is 0 Å². The summed E-state index contributed by atoms with van der Waals surface area (Å²) in [6, 6.07) is 47.0. The number of rotatable bonds is 3. The van der Waals surface area contributed by atoms with Gasteiger partial charge in [0.2, 0.25) is 0 Å². The van der Waals surface area contributed by atoms with Gasteiger partial charge in [-0.25, -0.2) is 0 Å². The van der Waals surface area contributed by atoms with E-state index < -0.39 is 0 Å². The van der Waals surface area contributed by atoms with Crippen LogP contribution in [0, 0.1) is 13.8 Å². The second-order valence-electron chi connectivity index (χ2n) is 14.1. The number of allylic oxidation sites excluding steroid dienone is 2. The van der Waals surface area contributed by atoms with Gasteiger partial charge in [0.15, 0.2) is 5.78 Å². The third-order valence-corrected chi connectivity index (χ3v) is 10.2. The van der Waals surface area contributed by atoms with Crippen LogP contribution in [0.25, 0.3) is 77.0 Å². The van der Waals surface area contributed by atoms with Gasteiger partial charge in [0.05, 0.1) is 17.1 Å². The molecule has 1 aliphatic carbocycles. The van der Waals surface area contributed by atoms with Crippen LogP contribution >= 0.6 is 0 Å². The number of aryl methyl sites for hydroxylation is 2. The summed E-state index contributed by atoms with van der Waals surface area (Å²) in [5.41, 5.74) is 14.7. The van der Waals surface area contributed by atoms with Crippen molar-refractivity contribution in [2.24, 2.45) is 0 Å². The summed E-state index contributed by atoms with van der Waals surface area (Å²) >= 11 is 0. The Morgan fingerprint density at radius 1 is 0.607 bits per heavy atom. The maximum atomic E-state index is 10.0. The van der Waals surface area contributed by atoms with E-state index in [0.29, 0.717) is 0 Å². The first-order valence-electron chi connectivity index (χ1n) is 18.5. The quantitative estimate of drug-likeness (QED) is 0.141. The van der Waals surface area contributed by atoms with Crippen LogP contribution in [-0.4, -0.2) is 20.9 Å². The number of nitrogens with zero attached hydrogens (tertiary/aromatic N) is 3. The zero-order valence-electron chi connectivity index (χ0n) is 31.7. The Bertz CT molecular complexity index is 2930. The number of carbonyl (C=O) groups is 1. The molecule has 0 spiro atoms. The van der Waals surface area contributed by atoms with E-state index in [0.717, 1.165) is 34.4 Å². The molecular weight excluding hydrogens is 867 g/mol. The molecule has 3 heterocycles. The third-order valence-electron chi connectivity index (χ3n) is 10.2. The molecule has 0 fully saturated rings. The summed E-state index contributed by atoms with van der Waals surface area (Å²) < 4.78 is 0. The molecule has 0 bridgehead atoms. The van der Waals surface area contributed by atoms with Crippen molar-refractivity contribution in [1.82, 2.24) is 15.0 Å². The fourth-order valence-corrected chi connectivity index (χ4v) is 7.83. The molecule has 10 rings (SSSR count). The molecular formula is C50H40IrN3O2-. The first-order chi connectivity index (χ1) is 26.8. The molecule has 1 radical (unpaired) electrons. The Morgan fingerprint density at radius 2 is 1.16 bits per heavy atom. The molecule has 0 unspecified atom stereocenters. The first-order valence-corrected chi connectivity index (χ1v) is 18.5. The van der Waals surface area contributed by atoms with Gasteiger partial charge in [-0.1, -0.05) is 121 Å². The minimum absolute atomic E-state index is 0. The van der Waals surface area contributed by atoms with E-state index in [1.54, 1.807) is 0 Å². The molecule has 9 aromatic rings. The fourth-order valence-electron chi connectivity index (χ4n) is 7.83. The molecule has 3 aromatic heterocycles. The van der Waals surface area contributed by atoms with Crippen molar-refractivity contribution in [3.8, 4) is 33.6 Å². The number of aliphatic hydroxyl groups is 1. The molecule has 0 atom stereocenters. The Balaban J connectivity index is 0.000000145. The predicted molar refractivity (Wildman–Crippen MR) is 227 cm³/mol. The molecule has 1 aliphatic rings. The predicted octanol–water partition coefficient (Wildman–Crippen LogP) is 12.3. The molecule has 0 saturated heterocycles. The molecule has 56 heavy (non-hydrogen) atoms. The Labute approximate surface area is 340 Å². The van der Waals surface area contributed by atoms with Crippen molar-refractivity contribution in [3.05, 3.63) is 180 Å². The van der Waals surface area contributed by atoms with Gasteiger partial charge in [-0.05, 0) is 107 Å². The average Bonchev–Trinajstić information content (AvgIpc) is 3.76. The SMILES string of the molecule is CC(=O)C=C(C)O.Cc1ccc2c([n-]c3ccccc32)c1-c1nccc2ccccc12.Cc1ccc2c(c1-c1nccc3ccccc13)Cc1ccccc1-2.[Ir]. The van der Waals surface area contributed by atoms with Crippen LogP contribution in [0.1, 0.15) is 36.1 Å². The summed E-state index contributed by atoms with van der Waals surface area (Å²) in [6.07, 6.45) is 5.98. The van der Waals surface area contributed by atoms with Gasteiger partial charge >= 0.3 is 0 Å². The number of hydrogen-bond donors (Lipinski definition) is 1. The zero-order chi connectivity index (χ0) is 38.1. The molecule has 1 N–H and O–H groups in total. The van der Waals surface area contributed by atoms with Gasteiger partial charge < -0.3 is 10.1 Å². The minimum Gasteiger partial charge on any atom is -0.656 e. The van der Waals surface area contributed by atoms with E-state index in [-0.39, 0.29) is 31.6 Å². The fraction of sp³-hybridized carbons (Fsp3) is 0.100. The molecule has 0 aliphatic heterocycles. The Hall–Kier alpha value is -6.20. The van der Waals surface area contributed by atoms with Crippen molar-refractivity contribution < 1.29 is 30.0 Å². The molecule has 5 nitrogen and oxygen atoms in total. The molecule has 0 saturated carbocycles. The molecule has 6 aromatic carbocycles. The normalized spacial score (nSPS) is 11.6. The monoisotopic (exact) mass is 907 g/mol. The van der Waals surface area contributed by atoms with Crippen molar-refractivity contribution in [2.75, 3.05) is 0 Å². The van der Waals surface area contributed by atoms with Crippen LogP contribution in [-0.2, 0) is 31.3 Å². The number of fused-ring (bicyclic) bond motifs is 8. The van der Waals surface area contributed by atoms with Crippen LogP contribution in [0.4, 0.5) is 0 Å². The molecule has 0 amide bonds. The van der Waals surface area contributed by atoms with Crippen LogP contribution < -0.4 is 4.98 Å². The number of carbonyl (C=O) groups excluding carboxylic acids is 1. The van der Waals surface area contributed by atoms with Gasteiger partial charge in [0, 0.05) is 54.9 Å². The second kappa shape index (κ2) is 16.3. The van der Waals surface area contributed by atoms with Gasteiger partial charge in [-0.15, -0.1) is 11.0 Å². The van der Waals surface area contributed by atoms with Crippen LogP contribution in [0.3, 0.4) is 0 Å². The van der Waals surface area contributed by atoms with Gasteiger partial charge in [0.25, 0.3) is 0 Å². The van der Waals surface area contributed by atoms with Crippen LogP contribution in [0.5, 0.6) is 0 Å². The smallest absolute Gasteiger partial charge is 0.155 e. The number of aliphatic hydroxyl groups excluding tert-OH is 1. The van der Waals surface area contributed by atoms with Gasteiger partial charge in [0.1, 0.15) is 0 Å². The Kier molecular flexibility index (Phi) is 11.1. The van der Waals surface area contributed by atoms with E-state index >= 15 is 0 Å². The first kappa shape index (κ1) is 38.1. The topological polar surface area (TPSA) is 77.2 Å². The summed E-state index contributed by atoms with van der Waals surface area (Å²) in [7, 11) is 0. The number of ketones is 1. The average molecular weight is 907 g/mol. The number of para-hydroxylation sites is 1. The minimum atomic E-state index is -0.125. The van der Waals surface area contributed by atoms with E-state index in [1.165, 1.54) is 91.2 Å². The molecule has 6 heteroatoms. The van der Waals surface area contributed by atoms with Gasteiger partial charge in [-0.3, -0.25) is 14.8 Å². The maximum Gasteiger partial charge on any atom is 0.155 e. The van der Waals surface area contributed by atoms with Gasteiger partial charge in [-0.2, -0.15) is 0 Å². The summed E-state index contributed by atoms with van der Waals surface area (Å²) in [6.45, 7) is 7.18. The summed E-state index contributed by atoms with van der Waals surface area (Å²) in [5.74, 6) is -0.0625. The largest absolute Gasteiger partial charge is 0.656 e. The van der Waals surface area contributed by atoms with E-state index in [2.05, 4.69) is 141 Å². The van der Waals surface area contributed by atoms with Crippen molar-refractivity contribution in [3.63, 3.8) is 0 Å². The maximum absolute atomic E-state index is 10.0. The summed E-state index contributed by atoms with van der Waals surface area (Å²) in [4.78, 5) is 24.4. The Morgan fingerprint density at radius 3 is 1.80 bits per heavy atom. The third kappa shape index (κ3) is 7.29. The van der Waals surface area contributed by atoms with Crippen molar-refractivity contribution >= 4 is 49.1 Å². The number of benzene rings is 6. The number of hydrogen-bond acceptors (Lipinski definition) is 4. The number of aromatic nitrogens is 3. The van der Waals surface area contributed by atoms with Crippen LogP contribution in [0.15, 0.2) is 158 Å². The second-order valence-corrected chi connectivity index (χ2v) is 14.1. The number of pyridine rings is 2. The van der Waals surface area contributed by atoms with E-state index in [9.17, 15) is 4.79 Å². The molecule has 277 valence electrons. The zero-order valence-corrected chi connectivity index (χ0v) is 34.1.